The average Bonchev–Trinajstić information content (AvgIpc) is 2.67. The molecule has 3 rings (SSSR count). The summed E-state index contributed by atoms with van der Waals surface area (Å²) in [5, 5.41) is 0. The monoisotopic (exact) mass is 288 g/mol. The molecular weight excluding hydrogens is 264 g/mol. The van der Waals surface area contributed by atoms with Crippen LogP contribution in [0.2, 0.25) is 0 Å². The predicted octanol–water partition coefficient (Wildman–Crippen LogP) is 1.71. The molecule has 0 spiro atoms. The number of carbonyl (C=O) groups excluding carboxylic acids is 1. The highest BCUT2D eigenvalue weighted by Gasteiger charge is 2.42. The van der Waals surface area contributed by atoms with Crippen molar-refractivity contribution < 1.29 is 9.53 Å². The molecule has 3 aliphatic rings. The molecule has 0 aromatic rings. The van der Waals surface area contributed by atoms with Crippen LogP contribution in [0.3, 0.4) is 0 Å². The number of amides is 1. The number of rotatable bonds is 2. The van der Waals surface area contributed by atoms with Gasteiger partial charge in [0.1, 0.15) is 0 Å². The van der Waals surface area contributed by atoms with Gasteiger partial charge in [-0.15, -0.1) is 12.4 Å². The molecule has 3 fully saturated rings. The van der Waals surface area contributed by atoms with E-state index in [1.54, 1.807) is 0 Å². The molecule has 0 saturated carbocycles. The molecule has 0 aromatic heterocycles. The highest BCUT2D eigenvalue weighted by Crippen LogP contribution is 2.36. The summed E-state index contributed by atoms with van der Waals surface area (Å²) in [5.74, 6) is 0.543. The van der Waals surface area contributed by atoms with E-state index in [2.05, 4.69) is 4.90 Å². The van der Waals surface area contributed by atoms with E-state index in [4.69, 9.17) is 10.5 Å². The van der Waals surface area contributed by atoms with Gasteiger partial charge in [0.2, 0.25) is 5.91 Å². The SMILES string of the molecule is Cl.NC(C(=O)N1C2CCCC1CC2)C1CCOCC1. The zero-order valence-corrected chi connectivity index (χ0v) is 12.2. The summed E-state index contributed by atoms with van der Waals surface area (Å²) in [4.78, 5) is 14.8. The van der Waals surface area contributed by atoms with Gasteiger partial charge < -0.3 is 15.4 Å². The van der Waals surface area contributed by atoms with Crippen molar-refractivity contribution in [2.24, 2.45) is 11.7 Å². The highest BCUT2D eigenvalue weighted by molar-refractivity contribution is 5.85. The fourth-order valence-corrected chi connectivity index (χ4v) is 3.93. The topological polar surface area (TPSA) is 55.6 Å². The van der Waals surface area contributed by atoms with Crippen LogP contribution in [0.4, 0.5) is 0 Å². The Morgan fingerprint density at radius 3 is 2.21 bits per heavy atom. The van der Waals surface area contributed by atoms with Gasteiger partial charge in [-0.05, 0) is 50.9 Å². The van der Waals surface area contributed by atoms with E-state index in [1.807, 2.05) is 0 Å². The minimum atomic E-state index is -0.296. The molecule has 3 atom stereocenters. The summed E-state index contributed by atoms with van der Waals surface area (Å²) in [7, 11) is 0. The Morgan fingerprint density at radius 1 is 1.05 bits per heavy atom. The first-order valence-electron chi connectivity index (χ1n) is 7.43. The van der Waals surface area contributed by atoms with Gasteiger partial charge in [-0.3, -0.25) is 4.79 Å². The molecule has 3 unspecified atom stereocenters. The molecule has 2 bridgehead atoms. The number of halogens is 1. The van der Waals surface area contributed by atoms with E-state index in [0.717, 1.165) is 26.1 Å². The van der Waals surface area contributed by atoms with Crippen molar-refractivity contribution in [3.63, 3.8) is 0 Å². The normalized spacial score (nSPS) is 32.8. The van der Waals surface area contributed by atoms with Crippen LogP contribution in [0.1, 0.15) is 44.9 Å². The largest absolute Gasteiger partial charge is 0.381 e. The van der Waals surface area contributed by atoms with E-state index in [1.165, 1.54) is 32.1 Å². The summed E-state index contributed by atoms with van der Waals surface area (Å²) in [5.41, 5.74) is 6.23. The molecule has 3 saturated heterocycles. The molecule has 0 aliphatic carbocycles. The summed E-state index contributed by atoms with van der Waals surface area (Å²) in [6.45, 7) is 1.52. The number of ether oxygens (including phenoxy) is 1. The fraction of sp³-hybridized carbons (Fsp3) is 0.929. The van der Waals surface area contributed by atoms with Gasteiger partial charge in [0.05, 0.1) is 6.04 Å². The van der Waals surface area contributed by atoms with Crippen LogP contribution in [-0.2, 0) is 9.53 Å². The third kappa shape index (κ3) is 2.91. The highest BCUT2D eigenvalue weighted by atomic mass is 35.5. The molecule has 0 aromatic carbocycles. The smallest absolute Gasteiger partial charge is 0.240 e. The van der Waals surface area contributed by atoms with Crippen molar-refractivity contribution in [1.82, 2.24) is 4.90 Å². The summed E-state index contributed by atoms with van der Waals surface area (Å²) in [6.07, 6.45) is 7.91. The van der Waals surface area contributed by atoms with Crippen LogP contribution in [0.5, 0.6) is 0 Å². The fourth-order valence-electron chi connectivity index (χ4n) is 3.93. The number of nitrogens with zero attached hydrogens (tertiary/aromatic N) is 1. The maximum atomic E-state index is 12.6. The first-order chi connectivity index (χ1) is 8.77. The molecule has 1 amide bonds. The third-order valence-corrected chi connectivity index (χ3v) is 5.01. The number of carbonyl (C=O) groups is 1. The van der Waals surface area contributed by atoms with Crippen molar-refractivity contribution in [2.45, 2.75) is 63.1 Å². The van der Waals surface area contributed by atoms with Crippen molar-refractivity contribution in [3.8, 4) is 0 Å². The van der Waals surface area contributed by atoms with E-state index in [9.17, 15) is 4.79 Å². The first-order valence-corrected chi connectivity index (χ1v) is 7.43. The Kier molecular flexibility index (Phi) is 5.09. The Balaban J connectivity index is 0.00000133. The lowest BCUT2D eigenvalue weighted by Crippen LogP contribution is -2.54. The van der Waals surface area contributed by atoms with Crippen LogP contribution in [0.25, 0.3) is 0 Å². The molecule has 5 heteroatoms. The summed E-state index contributed by atoms with van der Waals surface area (Å²) >= 11 is 0. The van der Waals surface area contributed by atoms with Crippen LogP contribution >= 0.6 is 12.4 Å². The second-order valence-electron chi connectivity index (χ2n) is 6.04. The molecule has 2 N–H and O–H groups in total. The van der Waals surface area contributed by atoms with Crippen LogP contribution < -0.4 is 5.73 Å². The predicted molar refractivity (Wildman–Crippen MR) is 76.3 cm³/mol. The molecule has 3 aliphatic heterocycles. The molecular formula is C14H25ClN2O2. The summed E-state index contributed by atoms with van der Waals surface area (Å²) in [6, 6.07) is 0.680. The minimum Gasteiger partial charge on any atom is -0.381 e. The average molecular weight is 289 g/mol. The molecule has 110 valence electrons. The summed E-state index contributed by atoms with van der Waals surface area (Å²) < 4.78 is 5.35. The molecule has 3 heterocycles. The van der Waals surface area contributed by atoms with Gasteiger partial charge in [0.15, 0.2) is 0 Å². The Bertz CT molecular complexity index is 305. The Labute approximate surface area is 121 Å². The van der Waals surface area contributed by atoms with Crippen molar-refractivity contribution in [1.29, 1.82) is 0 Å². The lowest BCUT2D eigenvalue weighted by Gasteiger charge is -2.38. The van der Waals surface area contributed by atoms with Crippen LogP contribution in [0.15, 0.2) is 0 Å². The van der Waals surface area contributed by atoms with E-state index in [-0.39, 0.29) is 24.4 Å². The number of hydrogen-bond acceptors (Lipinski definition) is 3. The second-order valence-corrected chi connectivity index (χ2v) is 6.04. The Hall–Kier alpha value is -0.320. The van der Waals surface area contributed by atoms with Crippen molar-refractivity contribution in [3.05, 3.63) is 0 Å². The van der Waals surface area contributed by atoms with Gasteiger partial charge in [0, 0.05) is 25.3 Å². The zero-order chi connectivity index (χ0) is 12.5. The number of piperidine rings is 1. The van der Waals surface area contributed by atoms with E-state index >= 15 is 0 Å². The van der Waals surface area contributed by atoms with Gasteiger partial charge in [-0.25, -0.2) is 0 Å². The lowest BCUT2D eigenvalue weighted by atomic mass is 9.90. The van der Waals surface area contributed by atoms with E-state index in [0.29, 0.717) is 18.0 Å². The zero-order valence-electron chi connectivity index (χ0n) is 11.4. The van der Waals surface area contributed by atoms with Crippen LogP contribution in [0, 0.1) is 5.92 Å². The van der Waals surface area contributed by atoms with Crippen molar-refractivity contribution in [2.75, 3.05) is 13.2 Å². The van der Waals surface area contributed by atoms with Gasteiger partial charge in [-0.2, -0.15) is 0 Å². The van der Waals surface area contributed by atoms with E-state index < -0.39 is 0 Å². The van der Waals surface area contributed by atoms with Crippen molar-refractivity contribution >= 4 is 18.3 Å². The first kappa shape index (κ1) is 15.1. The standard InChI is InChI=1S/C14H24N2O2.ClH/c15-13(10-6-8-18-9-7-10)14(17)16-11-2-1-3-12(16)5-4-11;/h10-13H,1-9,15H2;1H. The molecule has 0 radical (unpaired) electrons. The Morgan fingerprint density at radius 2 is 1.63 bits per heavy atom. The lowest BCUT2D eigenvalue weighted by molar-refractivity contribution is -0.139. The minimum absolute atomic E-state index is 0. The van der Waals surface area contributed by atoms with Gasteiger partial charge >= 0.3 is 0 Å². The van der Waals surface area contributed by atoms with Gasteiger partial charge in [-0.1, -0.05) is 0 Å². The maximum Gasteiger partial charge on any atom is 0.240 e. The van der Waals surface area contributed by atoms with Gasteiger partial charge in [0.25, 0.3) is 0 Å². The number of fused-ring (bicyclic) bond motifs is 2. The second kappa shape index (κ2) is 6.42. The number of hydrogen-bond donors (Lipinski definition) is 1. The number of nitrogens with two attached hydrogens (primary N) is 1. The maximum absolute atomic E-state index is 12.6. The quantitative estimate of drug-likeness (QED) is 0.841. The third-order valence-electron chi connectivity index (χ3n) is 5.01. The molecule has 19 heavy (non-hydrogen) atoms. The molecule has 4 nitrogen and oxygen atoms in total. The van der Waals surface area contributed by atoms with Crippen LogP contribution in [-0.4, -0.2) is 42.1 Å².